The van der Waals surface area contributed by atoms with Crippen molar-refractivity contribution in [3.63, 3.8) is 0 Å². The summed E-state index contributed by atoms with van der Waals surface area (Å²) in [4.78, 5) is 0. The average Bonchev–Trinajstić information content (AvgIpc) is 2.57. The lowest BCUT2D eigenvalue weighted by Gasteiger charge is -2.13. The first-order chi connectivity index (χ1) is 11.7. The molecule has 0 saturated heterocycles. The molecule has 1 radical (unpaired) electrons. The van der Waals surface area contributed by atoms with E-state index in [0.29, 0.717) is 0 Å². The summed E-state index contributed by atoms with van der Waals surface area (Å²) >= 11 is 0. The maximum atomic E-state index is 2.58. The Kier molecular flexibility index (Phi) is 19.3. The Hall–Kier alpha value is 0. The van der Waals surface area contributed by atoms with E-state index in [-0.39, 0.29) is 0 Å². The highest BCUT2D eigenvalue weighted by atomic mass is 14.1. The maximum absolute atomic E-state index is 2.58. The molecule has 145 valence electrons. The van der Waals surface area contributed by atoms with Crippen molar-refractivity contribution in [1.82, 2.24) is 0 Å². The van der Waals surface area contributed by atoms with Gasteiger partial charge in [0.05, 0.1) is 0 Å². The molecule has 0 aromatic rings. The van der Waals surface area contributed by atoms with E-state index in [0.717, 1.165) is 11.8 Å². The van der Waals surface area contributed by atoms with Gasteiger partial charge in [0.25, 0.3) is 0 Å². The topological polar surface area (TPSA) is 0 Å². The SMILES string of the molecule is CCCCCCCCC(C)C[CH]CCCC(C)CCCCCCC. The summed E-state index contributed by atoms with van der Waals surface area (Å²) in [6, 6.07) is 0. The van der Waals surface area contributed by atoms with Crippen LogP contribution in [0.15, 0.2) is 0 Å². The Bertz CT molecular complexity index is 220. The second-order valence-electron chi connectivity index (χ2n) is 8.42. The van der Waals surface area contributed by atoms with Crippen LogP contribution >= 0.6 is 0 Å². The molecular weight excluding hydrogens is 288 g/mol. The zero-order chi connectivity index (χ0) is 17.9. The summed E-state index contributed by atoms with van der Waals surface area (Å²) in [5.74, 6) is 1.85. The molecule has 0 bridgehead atoms. The molecule has 2 atom stereocenters. The van der Waals surface area contributed by atoms with Crippen LogP contribution in [0.1, 0.15) is 137 Å². The van der Waals surface area contributed by atoms with E-state index in [1.54, 1.807) is 0 Å². The van der Waals surface area contributed by atoms with Crippen LogP contribution in [0.5, 0.6) is 0 Å². The van der Waals surface area contributed by atoms with Gasteiger partial charge in [-0.05, 0) is 24.7 Å². The maximum Gasteiger partial charge on any atom is -0.0383 e. The third kappa shape index (κ3) is 18.3. The Balaban J connectivity index is 3.27. The van der Waals surface area contributed by atoms with Gasteiger partial charge >= 0.3 is 0 Å². The first-order valence-electron chi connectivity index (χ1n) is 11.5. The third-order valence-corrected chi connectivity index (χ3v) is 5.53. The fraction of sp³-hybridized carbons (Fsp3) is 0.958. The molecule has 2 unspecified atom stereocenters. The zero-order valence-electron chi connectivity index (χ0n) is 17.8. The minimum Gasteiger partial charge on any atom is -0.0654 e. The summed E-state index contributed by atoms with van der Waals surface area (Å²) in [7, 11) is 0. The molecule has 0 aliphatic heterocycles. The van der Waals surface area contributed by atoms with Gasteiger partial charge in [0.15, 0.2) is 0 Å². The van der Waals surface area contributed by atoms with Gasteiger partial charge in [0, 0.05) is 0 Å². The predicted molar refractivity (Wildman–Crippen MR) is 112 cm³/mol. The third-order valence-electron chi connectivity index (χ3n) is 5.53. The molecule has 0 amide bonds. The number of unbranched alkanes of at least 4 members (excludes halogenated alkanes) is 11. The van der Waals surface area contributed by atoms with Crippen molar-refractivity contribution < 1.29 is 0 Å². The quantitative estimate of drug-likeness (QED) is 0.206. The van der Waals surface area contributed by atoms with Crippen molar-refractivity contribution >= 4 is 0 Å². The lowest BCUT2D eigenvalue weighted by molar-refractivity contribution is 0.435. The van der Waals surface area contributed by atoms with E-state index >= 15 is 0 Å². The van der Waals surface area contributed by atoms with Gasteiger partial charge in [-0.15, -0.1) is 0 Å². The van der Waals surface area contributed by atoms with Crippen LogP contribution in [0.2, 0.25) is 0 Å². The molecule has 0 aliphatic rings. The second kappa shape index (κ2) is 19.3. The summed E-state index contributed by atoms with van der Waals surface area (Å²) in [5, 5.41) is 0. The smallest absolute Gasteiger partial charge is 0.0383 e. The molecule has 0 aromatic carbocycles. The summed E-state index contributed by atoms with van der Waals surface area (Å²) in [6.45, 7) is 9.50. The Morgan fingerprint density at radius 3 is 1.58 bits per heavy atom. The minimum atomic E-state index is 0.909. The number of hydrogen-bond acceptors (Lipinski definition) is 0. The van der Waals surface area contributed by atoms with Crippen LogP contribution < -0.4 is 0 Å². The predicted octanol–water partition coefficient (Wildman–Crippen LogP) is 9.13. The van der Waals surface area contributed by atoms with Crippen LogP contribution in [-0.4, -0.2) is 0 Å². The fourth-order valence-corrected chi connectivity index (χ4v) is 3.64. The molecule has 0 nitrogen and oxygen atoms in total. The molecule has 0 heteroatoms. The molecular formula is C24H49. The van der Waals surface area contributed by atoms with E-state index in [1.165, 1.54) is 109 Å². The van der Waals surface area contributed by atoms with Gasteiger partial charge in [-0.3, -0.25) is 0 Å². The Morgan fingerprint density at radius 1 is 0.542 bits per heavy atom. The van der Waals surface area contributed by atoms with Gasteiger partial charge in [-0.2, -0.15) is 0 Å². The normalized spacial score (nSPS) is 14.0. The van der Waals surface area contributed by atoms with Gasteiger partial charge in [0.1, 0.15) is 0 Å². The molecule has 0 saturated carbocycles. The highest BCUT2D eigenvalue weighted by molar-refractivity contribution is 4.70. The number of rotatable bonds is 19. The average molecular weight is 338 g/mol. The van der Waals surface area contributed by atoms with Crippen molar-refractivity contribution in [1.29, 1.82) is 0 Å². The highest BCUT2D eigenvalue weighted by Gasteiger charge is 2.04. The molecule has 0 rings (SSSR count). The largest absolute Gasteiger partial charge is 0.0654 e. The van der Waals surface area contributed by atoms with Crippen LogP contribution in [-0.2, 0) is 0 Å². The Labute approximate surface area is 155 Å². The molecule has 0 spiro atoms. The molecule has 0 heterocycles. The van der Waals surface area contributed by atoms with Gasteiger partial charge in [0.2, 0.25) is 0 Å². The second-order valence-corrected chi connectivity index (χ2v) is 8.42. The van der Waals surface area contributed by atoms with Crippen molar-refractivity contribution in [2.75, 3.05) is 0 Å². The van der Waals surface area contributed by atoms with E-state index in [4.69, 9.17) is 0 Å². The van der Waals surface area contributed by atoms with Crippen molar-refractivity contribution in [2.24, 2.45) is 11.8 Å². The Morgan fingerprint density at radius 2 is 1.00 bits per heavy atom. The minimum absolute atomic E-state index is 0.909. The molecule has 0 N–H and O–H groups in total. The lowest BCUT2D eigenvalue weighted by Crippen LogP contribution is -1.98. The van der Waals surface area contributed by atoms with Crippen LogP contribution in [0.3, 0.4) is 0 Å². The number of hydrogen-bond donors (Lipinski definition) is 0. The van der Waals surface area contributed by atoms with Crippen molar-refractivity contribution in [3.05, 3.63) is 6.42 Å². The van der Waals surface area contributed by atoms with Crippen LogP contribution in [0, 0.1) is 18.3 Å². The standard InChI is InChI=1S/C24H49/c1-5-7-9-11-13-16-20-24(4)22-18-14-17-21-23(3)19-15-12-10-8-6-2/h18,23-24H,5-17,19-22H2,1-4H3. The van der Waals surface area contributed by atoms with E-state index in [1.807, 2.05) is 0 Å². The van der Waals surface area contributed by atoms with E-state index in [2.05, 4.69) is 34.1 Å². The van der Waals surface area contributed by atoms with Gasteiger partial charge in [-0.1, -0.05) is 130 Å². The van der Waals surface area contributed by atoms with Gasteiger partial charge < -0.3 is 0 Å². The zero-order valence-corrected chi connectivity index (χ0v) is 17.8. The summed E-state index contributed by atoms with van der Waals surface area (Å²) < 4.78 is 0. The molecule has 0 fully saturated rings. The first kappa shape index (κ1) is 24.0. The van der Waals surface area contributed by atoms with Crippen molar-refractivity contribution in [3.8, 4) is 0 Å². The highest BCUT2D eigenvalue weighted by Crippen LogP contribution is 2.20. The fourth-order valence-electron chi connectivity index (χ4n) is 3.64. The van der Waals surface area contributed by atoms with Crippen LogP contribution in [0.25, 0.3) is 0 Å². The monoisotopic (exact) mass is 337 g/mol. The summed E-state index contributed by atoms with van der Waals surface area (Å²) in [5.41, 5.74) is 0. The van der Waals surface area contributed by atoms with Crippen molar-refractivity contribution in [2.45, 2.75) is 137 Å². The van der Waals surface area contributed by atoms with Crippen LogP contribution in [0.4, 0.5) is 0 Å². The molecule has 24 heavy (non-hydrogen) atoms. The molecule has 0 aromatic heterocycles. The van der Waals surface area contributed by atoms with E-state index in [9.17, 15) is 0 Å². The summed E-state index contributed by atoms with van der Waals surface area (Å²) in [6.07, 6.45) is 26.8. The lowest BCUT2D eigenvalue weighted by atomic mass is 9.93. The van der Waals surface area contributed by atoms with E-state index < -0.39 is 0 Å². The molecule has 0 aliphatic carbocycles. The van der Waals surface area contributed by atoms with Gasteiger partial charge in [-0.25, -0.2) is 0 Å². The first-order valence-corrected chi connectivity index (χ1v) is 11.5.